The van der Waals surface area contributed by atoms with Crippen molar-refractivity contribution < 1.29 is 14.4 Å². The van der Waals surface area contributed by atoms with E-state index in [1.807, 2.05) is 0 Å². The van der Waals surface area contributed by atoms with Crippen molar-refractivity contribution in [2.24, 2.45) is 0 Å². The Morgan fingerprint density at radius 1 is 1.60 bits per heavy atom. The predicted octanol–water partition coefficient (Wildman–Crippen LogP) is 1.88. The third-order valence-corrected chi connectivity index (χ3v) is 3.05. The molecule has 0 saturated heterocycles. The van der Waals surface area contributed by atoms with Crippen molar-refractivity contribution in [2.75, 3.05) is 14.2 Å². The van der Waals surface area contributed by atoms with Gasteiger partial charge in [0.1, 0.15) is 5.38 Å². The summed E-state index contributed by atoms with van der Waals surface area (Å²) in [6, 6.07) is 0. The minimum Gasteiger partial charge on any atom is -0.490 e. The summed E-state index contributed by atoms with van der Waals surface area (Å²) < 4.78 is 9.74. The molecule has 0 aliphatic heterocycles. The van der Waals surface area contributed by atoms with Gasteiger partial charge in [0.2, 0.25) is 0 Å². The Morgan fingerprint density at radius 2 is 2.20 bits per heavy atom. The predicted molar refractivity (Wildman–Crippen MR) is 55.4 cm³/mol. The Morgan fingerprint density at radius 3 is 2.60 bits per heavy atom. The van der Waals surface area contributed by atoms with Crippen LogP contribution in [0.5, 0.6) is 0 Å². The van der Waals surface area contributed by atoms with Crippen molar-refractivity contribution in [3.63, 3.8) is 0 Å². The summed E-state index contributed by atoms with van der Waals surface area (Å²) in [5, 5.41) is 8.55. The molecular formula is C8H9Cl2NO4. The van der Waals surface area contributed by atoms with E-state index in [1.165, 1.54) is 20.3 Å². The van der Waals surface area contributed by atoms with Crippen molar-refractivity contribution >= 4 is 23.2 Å². The molecule has 0 heterocycles. The first-order chi connectivity index (χ1) is 6.94. The maximum absolute atomic E-state index is 10.7. The molecule has 84 valence electrons. The van der Waals surface area contributed by atoms with Crippen molar-refractivity contribution in [3.05, 3.63) is 33.7 Å². The number of methoxy groups -OCH3 is 2. The van der Waals surface area contributed by atoms with Gasteiger partial charge in [-0.1, -0.05) is 11.6 Å². The van der Waals surface area contributed by atoms with E-state index in [4.69, 9.17) is 32.7 Å². The highest BCUT2D eigenvalue weighted by atomic mass is 35.5. The summed E-state index contributed by atoms with van der Waals surface area (Å²) in [4.78, 5) is 10.1. The molecule has 1 rings (SSSR count). The average molecular weight is 254 g/mol. The average Bonchev–Trinajstić information content (AvgIpc) is 2.21. The van der Waals surface area contributed by atoms with Crippen LogP contribution in [-0.2, 0) is 9.47 Å². The molecule has 1 aliphatic carbocycles. The van der Waals surface area contributed by atoms with Crippen LogP contribution in [0.15, 0.2) is 23.6 Å². The van der Waals surface area contributed by atoms with E-state index in [1.54, 1.807) is 0 Å². The monoisotopic (exact) mass is 253 g/mol. The van der Waals surface area contributed by atoms with Crippen LogP contribution in [0.1, 0.15) is 0 Å². The highest BCUT2D eigenvalue weighted by Crippen LogP contribution is 2.36. The fraction of sp³-hybridized carbons (Fsp3) is 0.500. The third kappa shape index (κ3) is 2.25. The molecule has 0 radical (unpaired) electrons. The molecule has 0 aromatic heterocycles. The molecular weight excluding hydrogens is 245 g/mol. The number of hydrogen-bond donors (Lipinski definition) is 0. The quantitative estimate of drug-likeness (QED) is 0.438. The summed E-state index contributed by atoms with van der Waals surface area (Å²) in [7, 11) is 2.64. The van der Waals surface area contributed by atoms with Gasteiger partial charge in [0, 0.05) is 13.2 Å². The molecule has 2 atom stereocenters. The van der Waals surface area contributed by atoms with Crippen LogP contribution in [0.25, 0.3) is 0 Å². The summed E-state index contributed by atoms with van der Waals surface area (Å²) in [5.41, 5.74) is -0.258. The van der Waals surface area contributed by atoms with Gasteiger partial charge in [0.15, 0.2) is 10.8 Å². The van der Waals surface area contributed by atoms with Gasteiger partial charge < -0.3 is 9.47 Å². The lowest BCUT2D eigenvalue weighted by Crippen LogP contribution is -2.36. The van der Waals surface area contributed by atoms with Crippen LogP contribution in [0.4, 0.5) is 0 Å². The van der Waals surface area contributed by atoms with E-state index < -0.39 is 15.4 Å². The fourth-order valence-electron chi connectivity index (χ4n) is 1.16. The van der Waals surface area contributed by atoms with E-state index >= 15 is 0 Å². The Hall–Kier alpha value is -0.780. The van der Waals surface area contributed by atoms with Gasteiger partial charge in [-0.25, -0.2) is 0 Å². The number of nitro groups is 1. The van der Waals surface area contributed by atoms with E-state index in [0.717, 1.165) is 6.08 Å². The lowest BCUT2D eigenvalue weighted by molar-refractivity contribution is -0.425. The standard InChI is InChI=1S/C8H9Cl2NO4/c1-14-6-3-7(9)8(10,15-2)4-5(6)11(12)13/h3-4,7H,1-2H3. The van der Waals surface area contributed by atoms with Crippen LogP contribution in [-0.4, -0.2) is 29.6 Å². The second kappa shape index (κ2) is 4.38. The second-order valence-corrected chi connectivity index (χ2v) is 3.89. The van der Waals surface area contributed by atoms with E-state index in [-0.39, 0.29) is 11.5 Å². The van der Waals surface area contributed by atoms with Gasteiger partial charge >= 0.3 is 5.70 Å². The first-order valence-corrected chi connectivity index (χ1v) is 4.77. The van der Waals surface area contributed by atoms with Gasteiger partial charge in [0.25, 0.3) is 0 Å². The molecule has 0 saturated carbocycles. The van der Waals surface area contributed by atoms with Crippen LogP contribution in [0.3, 0.4) is 0 Å². The number of alkyl halides is 2. The molecule has 0 spiro atoms. The second-order valence-electron chi connectivity index (χ2n) is 2.83. The van der Waals surface area contributed by atoms with Gasteiger partial charge in [-0.2, -0.15) is 0 Å². The minimum atomic E-state index is -1.41. The summed E-state index contributed by atoms with van der Waals surface area (Å²) in [5.74, 6) is 0.0772. The molecule has 0 amide bonds. The normalized spacial score (nSPS) is 30.5. The molecule has 0 aromatic carbocycles. The van der Waals surface area contributed by atoms with Gasteiger partial charge in [-0.05, 0) is 6.08 Å². The Kier molecular flexibility index (Phi) is 3.59. The Labute approximate surface area is 96.4 Å². The van der Waals surface area contributed by atoms with Crippen molar-refractivity contribution in [2.45, 2.75) is 10.4 Å². The smallest absolute Gasteiger partial charge is 0.310 e. The van der Waals surface area contributed by atoms with E-state index in [9.17, 15) is 10.1 Å². The van der Waals surface area contributed by atoms with Crippen LogP contribution < -0.4 is 0 Å². The van der Waals surface area contributed by atoms with Crippen molar-refractivity contribution in [3.8, 4) is 0 Å². The third-order valence-electron chi connectivity index (χ3n) is 1.99. The maximum atomic E-state index is 10.7. The van der Waals surface area contributed by atoms with Crippen LogP contribution in [0, 0.1) is 10.1 Å². The van der Waals surface area contributed by atoms with Gasteiger partial charge in [-0.3, -0.25) is 10.1 Å². The Bertz CT molecular complexity index is 342. The number of nitrogens with zero attached hydrogens (tertiary/aromatic N) is 1. The van der Waals surface area contributed by atoms with Gasteiger partial charge in [-0.15, -0.1) is 11.6 Å². The minimum absolute atomic E-state index is 0.0772. The molecule has 1 aliphatic rings. The fourth-order valence-corrected chi connectivity index (χ4v) is 1.59. The van der Waals surface area contributed by atoms with Crippen molar-refractivity contribution in [1.29, 1.82) is 0 Å². The Balaban J connectivity index is 3.16. The number of hydrogen-bond acceptors (Lipinski definition) is 4. The first-order valence-electron chi connectivity index (χ1n) is 3.96. The van der Waals surface area contributed by atoms with E-state index in [0.29, 0.717) is 0 Å². The summed E-state index contributed by atoms with van der Waals surface area (Å²) >= 11 is 11.8. The molecule has 0 aromatic rings. The van der Waals surface area contributed by atoms with Gasteiger partial charge in [0.05, 0.1) is 12.0 Å². The summed E-state index contributed by atoms with van der Waals surface area (Å²) in [6.45, 7) is 0. The molecule has 7 heteroatoms. The SMILES string of the molecule is COC1=CC(Cl)C(Cl)(OC)C=C1[N+](=O)[O-]. The number of rotatable bonds is 3. The zero-order valence-electron chi connectivity index (χ0n) is 8.07. The lowest BCUT2D eigenvalue weighted by Gasteiger charge is -2.27. The van der Waals surface area contributed by atoms with E-state index in [2.05, 4.69) is 0 Å². The summed E-state index contributed by atoms with van der Waals surface area (Å²) in [6.07, 6.45) is 2.47. The molecule has 0 bridgehead atoms. The molecule has 2 unspecified atom stereocenters. The van der Waals surface area contributed by atoms with Crippen LogP contribution in [0.2, 0.25) is 0 Å². The number of halogens is 2. The topological polar surface area (TPSA) is 61.6 Å². The maximum Gasteiger partial charge on any atom is 0.310 e. The molecule has 15 heavy (non-hydrogen) atoms. The zero-order valence-corrected chi connectivity index (χ0v) is 9.58. The largest absolute Gasteiger partial charge is 0.490 e. The van der Waals surface area contributed by atoms with Crippen LogP contribution >= 0.6 is 23.2 Å². The first kappa shape index (κ1) is 12.3. The highest BCUT2D eigenvalue weighted by molar-refractivity contribution is 6.33. The molecule has 0 fully saturated rings. The highest BCUT2D eigenvalue weighted by Gasteiger charge is 2.41. The molecule has 5 nitrogen and oxygen atoms in total. The number of ether oxygens (including phenoxy) is 2. The van der Waals surface area contributed by atoms with Crippen molar-refractivity contribution in [1.82, 2.24) is 0 Å². The molecule has 0 N–H and O–H groups in total. The lowest BCUT2D eigenvalue weighted by atomic mass is 10.1. The zero-order chi connectivity index (χ0) is 11.6.